The Kier molecular flexibility index (Phi) is 12.8. The van der Waals surface area contributed by atoms with Gasteiger partial charge in [0.1, 0.15) is 6.61 Å². The van der Waals surface area contributed by atoms with Crippen LogP contribution in [0.25, 0.3) is 0 Å². The molecule has 1 aliphatic rings. The van der Waals surface area contributed by atoms with E-state index in [1.165, 1.54) is 11.1 Å². The molecule has 30 heavy (non-hydrogen) atoms. The lowest BCUT2D eigenvalue weighted by atomic mass is 10.1. The summed E-state index contributed by atoms with van der Waals surface area (Å²) in [7, 11) is 0. The van der Waals surface area contributed by atoms with E-state index in [1.54, 1.807) is 0 Å². The topological polar surface area (TPSA) is 43.0 Å². The number of rotatable bonds is 10. The van der Waals surface area contributed by atoms with Crippen LogP contribution in [0.5, 0.6) is 11.5 Å². The summed E-state index contributed by atoms with van der Waals surface area (Å²) in [6.45, 7) is 11.8. The van der Waals surface area contributed by atoms with E-state index in [-0.39, 0.29) is 24.8 Å². The molecule has 0 amide bonds. The number of ether oxygens (including phenoxy) is 3. The summed E-state index contributed by atoms with van der Waals surface area (Å²) < 4.78 is 17.2. The molecule has 5 nitrogen and oxygen atoms in total. The number of morpholine rings is 1. The van der Waals surface area contributed by atoms with Gasteiger partial charge in [-0.25, -0.2) is 0 Å². The van der Waals surface area contributed by atoms with Gasteiger partial charge in [0.15, 0.2) is 11.5 Å². The van der Waals surface area contributed by atoms with E-state index in [2.05, 4.69) is 53.5 Å². The molecule has 0 unspecified atom stereocenters. The fraction of sp³-hybridized carbons (Fsp3) is 0.478. The van der Waals surface area contributed by atoms with Crippen molar-refractivity contribution in [1.82, 2.24) is 10.2 Å². The minimum Gasteiger partial charge on any atom is -0.490 e. The molecule has 2 aromatic rings. The van der Waals surface area contributed by atoms with Gasteiger partial charge in [0, 0.05) is 32.7 Å². The summed E-state index contributed by atoms with van der Waals surface area (Å²) in [5.41, 5.74) is 3.61. The summed E-state index contributed by atoms with van der Waals surface area (Å²) in [6, 6.07) is 14.6. The van der Waals surface area contributed by atoms with Crippen LogP contribution in [0.1, 0.15) is 23.6 Å². The Balaban J connectivity index is 0.00000225. The van der Waals surface area contributed by atoms with Gasteiger partial charge in [0.25, 0.3) is 0 Å². The van der Waals surface area contributed by atoms with Gasteiger partial charge in [-0.15, -0.1) is 24.8 Å². The summed E-state index contributed by atoms with van der Waals surface area (Å²) in [4.78, 5) is 2.43. The van der Waals surface area contributed by atoms with Crippen molar-refractivity contribution < 1.29 is 14.2 Å². The van der Waals surface area contributed by atoms with E-state index in [0.717, 1.165) is 63.0 Å². The molecule has 7 heteroatoms. The first-order valence-electron chi connectivity index (χ1n) is 10.2. The molecule has 1 saturated heterocycles. The Hall–Kier alpha value is -1.50. The van der Waals surface area contributed by atoms with Crippen LogP contribution < -0.4 is 14.8 Å². The maximum atomic E-state index is 6.01. The predicted octanol–water partition coefficient (Wildman–Crippen LogP) is 4.24. The summed E-state index contributed by atoms with van der Waals surface area (Å²) in [6.07, 6.45) is 0. The average molecular weight is 457 g/mol. The number of hydrogen-bond donors (Lipinski definition) is 1. The van der Waals surface area contributed by atoms with E-state index in [4.69, 9.17) is 14.2 Å². The van der Waals surface area contributed by atoms with Crippen molar-refractivity contribution in [3.63, 3.8) is 0 Å². The van der Waals surface area contributed by atoms with Gasteiger partial charge in [0.05, 0.1) is 19.8 Å². The Morgan fingerprint density at radius 1 is 0.933 bits per heavy atom. The van der Waals surface area contributed by atoms with Gasteiger partial charge in [-0.05, 0) is 37.1 Å². The molecule has 0 spiro atoms. The summed E-state index contributed by atoms with van der Waals surface area (Å²) in [5, 5.41) is 3.52. The number of halogens is 2. The van der Waals surface area contributed by atoms with Crippen LogP contribution in [0, 0.1) is 6.92 Å². The molecule has 0 atom stereocenters. The molecule has 1 fully saturated rings. The lowest BCUT2D eigenvalue weighted by Gasteiger charge is -2.26. The Morgan fingerprint density at radius 3 is 2.33 bits per heavy atom. The third-order valence-corrected chi connectivity index (χ3v) is 4.86. The normalized spacial score (nSPS) is 13.8. The highest BCUT2D eigenvalue weighted by molar-refractivity contribution is 5.85. The van der Waals surface area contributed by atoms with Gasteiger partial charge >= 0.3 is 0 Å². The van der Waals surface area contributed by atoms with Gasteiger partial charge in [-0.2, -0.15) is 0 Å². The third kappa shape index (κ3) is 8.70. The zero-order chi connectivity index (χ0) is 19.6. The van der Waals surface area contributed by atoms with Crippen LogP contribution >= 0.6 is 24.8 Å². The number of hydrogen-bond acceptors (Lipinski definition) is 5. The Bertz CT molecular complexity index is 723. The summed E-state index contributed by atoms with van der Waals surface area (Å²) in [5.74, 6) is 1.60. The molecular weight excluding hydrogens is 423 g/mol. The van der Waals surface area contributed by atoms with E-state index in [1.807, 2.05) is 13.0 Å². The highest BCUT2D eigenvalue weighted by Gasteiger charge is 2.10. The van der Waals surface area contributed by atoms with Crippen molar-refractivity contribution in [2.45, 2.75) is 27.0 Å². The molecule has 1 aliphatic heterocycles. The second-order valence-electron chi connectivity index (χ2n) is 7.12. The molecule has 1 N–H and O–H groups in total. The van der Waals surface area contributed by atoms with Gasteiger partial charge < -0.3 is 19.5 Å². The zero-order valence-corrected chi connectivity index (χ0v) is 19.5. The van der Waals surface area contributed by atoms with Gasteiger partial charge in [-0.1, -0.05) is 35.9 Å². The highest BCUT2D eigenvalue weighted by atomic mass is 35.5. The molecule has 0 aromatic heterocycles. The predicted molar refractivity (Wildman–Crippen MR) is 127 cm³/mol. The van der Waals surface area contributed by atoms with E-state index in [9.17, 15) is 0 Å². The molecule has 2 aromatic carbocycles. The smallest absolute Gasteiger partial charge is 0.161 e. The van der Waals surface area contributed by atoms with Gasteiger partial charge in [-0.3, -0.25) is 4.90 Å². The fourth-order valence-electron chi connectivity index (χ4n) is 3.19. The van der Waals surface area contributed by atoms with E-state index < -0.39 is 0 Å². The number of benzene rings is 2. The van der Waals surface area contributed by atoms with Crippen molar-refractivity contribution in [1.29, 1.82) is 0 Å². The quantitative estimate of drug-likeness (QED) is 0.541. The lowest BCUT2D eigenvalue weighted by molar-refractivity contribution is 0.0384. The molecule has 3 rings (SSSR count). The van der Waals surface area contributed by atoms with Gasteiger partial charge in [0.2, 0.25) is 0 Å². The maximum absolute atomic E-state index is 6.01. The van der Waals surface area contributed by atoms with Crippen molar-refractivity contribution in [3.05, 3.63) is 59.2 Å². The number of nitrogens with zero attached hydrogens (tertiary/aromatic N) is 1. The van der Waals surface area contributed by atoms with Crippen molar-refractivity contribution in [2.24, 2.45) is 0 Å². The molecule has 0 aliphatic carbocycles. The van der Waals surface area contributed by atoms with E-state index in [0.29, 0.717) is 13.2 Å². The van der Waals surface area contributed by atoms with Crippen molar-refractivity contribution >= 4 is 24.8 Å². The van der Waals surface area contributed by atoms with Crippen LogP contribution in [-0.4, -0.2) is 50.9 Å². The van der Waals surface area contributed by atoms with Crippen LogP contribution in [0.3, 0.4) is 0 Å². The zero-order valence-electron chi connectivity index (χ0n) is 17.9. The molecular formula is C23H34Cl2N2O3. The molecule has 0 radical (unpaired) electrons. The molecule has 0 saturated carbocycles. The number of nitrogens with one attached hydrogen (secondary N) is 1. The van der Waals surface area contributed by atoms with Crippen molar-refractivity contribution in [2.75, 3.05) is 46.0 Å². The maximum Gasteiger partial charge on any atom is 0.161 e. The first kappa shape index (κ1) is 26.5. The standard InChI is InChI=1S/C23H32N2O3.2ClH/c1-3-27-23-16-21(17-24-10-11-25-12-14-26-15-13-25)8-9-22(23)28-18-20-6-4-19(2)5-7-20;;/h4-9,16,24H,3,10-15,17-18H2,1-2H3;2*1H. The highest BCUT2D eigenvalue weighted by Crippen LogP contribution is 2.29. The first-order chi connectivity index (χ1) is 13.7. The second kappa shape index (κ2) is 14.5. The number of aryl methyl sites for hydroxylation is 1. The fourth-order valence-corrected chi connectivity index (χ4v) is 3.19. The SMILES string of the molecule is CCOc1cc(CNCCN2CCOCC2)ccc1OCc1ccc(C)cc1.Cl.Cl. The molecule has 168 valence electrons. The Morgan fingerprint density at radius 2 is 1.63 bits per heavy atom. The van der Waals surface area contributed by atoms with Crippen LogP contribution in [-0.2, 0) is 17.9 Å². The molecule has 0 bridgehead atoms. The monoisotopic (exact) mass is 456 g/mol. The second-order valence-corrected chi connectivity index (χ2v) is 7.12. The van der Waals surface area contributed by atoms with Crippen LogP contribution in [0.2, 0.25) is 0 Å². The minimum absolute atomic E-state index is 0. The average Bonchev–Trinajstić information content (AvgIpc) is 2.73. The minimum atomic E-state index is 0. The first-order valence-corrected chi connectivity index (χ1v) is 10.2. The van der Waals surface area contributed by atoms with Crippen LogP contribution in [0.4, 0.5) is 0 Å². The van der Waals surface area contributed by atoms with Crippen LogP contribution in [0.15, 0.2) is 42.5 Å². The lowest BCUT2D eigenvalue weighted by Crippen LogP contribution is -2.40. The third-order valence-electron chi connectivity index (χ3n) is 4.86. The molecule has 1 heterocycles. The summed E-state index contributed by atoms with van der Waals surface area (Å²) >= 11 is 0. The largest absolute Gasteiger partial charge is 0.490 e. The Labute approximate surface area is 192 Å². The van der Waals surface area contributed by atoms with E-state index >= 15 is 0 Å². The van der Waals surface area contributed by atoms with Crippen molar-refractivity contribution in [3.8, 4) is 11.5 Å².